The summed E-state index contributed by atoms with van der Waals surface area (Å²) in [5, 5.41) is 11.6. The topological polar surface area (TPSA) is 102 Å². The largest absolute Gasteiger partial charge is 0.544 e. The molecule has 0 fully saturated rings. The van der Waals surface area contributed by atoms with Crippen LogP contribution in [0, 0.1) is 0 Å². The summed E-state index contributed by atoms with van der Waals surface area (Å²) in [5.74, 6) is -1.72. The molecule has 0 spiro atoms. The Bertz CT molecular complexity index is 828. The molecule has 2 unspecified atom stereocenters. The lowest BCUT2D eigenvalue weighted by Crippen LogP contribution is -2.55. The Morgan fingerprint density at radius 2 is 0.846 bits per heavy atom. The van der Waals surface area contributed by atoms with Gasteiger partial charge in [0.15, 0.2) is 6.10 Å². The maximum absolute atomic E-state index is 12.7. The van der Waals surface area contributed by atoms with Crippen molar-refractivity contribution in [1.29, 1.82) is 0 Å². The second kappa shape index (κ2) is 36.3. The van der Waals surface area contributed by atoms with E-state index >= 15 is 0 Å². The number of carbonyl (C=O) groups excluding carboxylic acids is 3. The summed E-state index contributed by atoms with van der Waals surface area (Å²) in [4.78, 5) is 36.8. The fourth-order valence-corrected chi connectivity index (χ4v) is 6.78. The van der Waals surface area contributed by atoms with E-state index in [9.17, 15) is 19.5 Å². The van der Waals surface area contributed by atoms with E-state index < -0.39 is 18.1 Å². The Kier molecular flexibility index (Phi) is 35.1. The summed E-state index contributed by atoms with van der Waals surface area (Å²) in [6, 6.07) is -0.718. The molecular formula is C44H85NO7. The van der Waals surface area contributed by atoms with Crippen molar-refractivity contribution in [3.63, 3.8) is 0 Å². The third kappa shape index (κ3) is 34.1. The second-order valence-corrected chi connectivity index (χ2v) is 16.3. The normalized spacial score (nSPS) is 12.9. The third-order valence-corrected chi connectivity index (χ3v) is 10.2. The number of ether oxygens (including phenoxy) is 3. The van der Waals surface area contributed by atoms with E-state index in [0.717, 1.165) is 38.5 Å². The SMILES string of the molecule is CCCCCCCCCCCCCCCCCCCC(=O)OC(COCCC(C(=O)[O-])[N+](C)(C)C)COC(=O)CCCCCCCCCCCCC. The Morgan fingerprint density at radius 3 is 1.19 bits per heavy atom. The van der Waals surface area contributed by atoms with Crippen LogP contribution >= 0.6 is 0 Å². The molecule has 0 aliphatic carbocycles. The van der Waals surface area contributed by atoms with Crippen LogP contribution in [-0.2, 0) is 28.6 Å². The smallest absolute Gasteiger partial charge is 0.306 e. The van der Waals surface area contributed by atoms with Crippen molar-refractivity contribution in [2.45, 2.75) is 225 Å². The number of aliphatic carboxylic acids is 1. The highest BCUT2D eigenvalue weighted by Crippen LogP contribution is 2.16. The van der Waals surface area contributed by atoms with Gasteiger partial charge in [-0.15, -0.1) is 0 Å². The average molecular weight is 740 g/mol. The number of carboxylic acids is 1. The van der Waals surface area contributed by atoms with Crippen LogP contribution in [-0.4, -0.2) is 75.5 Å². The fraction of sp³-hybridized carbons (Fsp3) is 0.932. The lowest BCUT2D eigenvalue weighted by Gasteiger charge is -2.34. The maximum atomic E-state index is 12.7. The lowest BCUT2D eigenvalue weighted by atomic mass is 10.0. The van der Waals surface area contributed by atoms with Gasteiger partial charge in [0.2, 0.25) is 0 Å². The number of likely N-dealkylation sites (N-methyl/N-ethyl adjacent to an activating group) is 1. The summed E-state index contributed by atoms with van der Waals surface area (Å²) < 4.78 is 17.2. The zero-order chi connectivity index (χ0) is 38.5. The number of rotatable bonds is 40. The molecule has 0 aromatic carbocycles. The summed E-state index contributed by atoms with van der Waals surface area (Å²) >= 11 is 0. The van der Waals surface area contributed by atoms with Gasteiger partial charge in [-0.05, 0) is 12.8 Å². The van der Waals surface area contributed by atoms with Crippen molar-refractivity contribution in [3.8, 4) is 0 Å². The predicted octanol–water partition coefficient (Wildman–Crippen LogP) is 10.4. The average Bonchev–Trinajstić information content (AvgIpc) is 3.09. The van der Waals surface area contributed by atoms with Gasteiger partial charge in [0.25, 0.3) is 0 Å². The third-order valence-electron chi connectivity index (χ3n) is 10.2. The van der Waals surface area contributed by atoms with E-state index in [1.165, 1.54) is 141 Å². The number of esters is 2. The lowest BCUT2D eigenvalue weighted by molar-refractivity contribution is -0.889. The molecule has 0 aromatic rings. The van der Waals surface area contributed by atoms with E-state index in [-0.39, 0.29) is 42.7 Å². The molecule has 0 aliphatic heterocycles. The van der Waals surface area contributed by atoms with Crippen LogP contribution in [0.3, 0.4) is 0 Å². The van der Waals surface area contributed by atoms with Crippen LogP contribution in [0.2, 0.25) is 0 Å². The highest BCUT2D eigenvalue weighted by Gasteiger charge is 2.25. The monoisotopic (exact) mass is 740 g/mol. The molecule has 52 heavy (non-hydrogen) atoms. The zero-order valence-electron chi connectivity index (χ0n) is 35.0. The number of unbranched alkanes of at least 4 members (excludes halogenated alkanes) is 26. The van der Waals surface area contributed by atoms with E-state index in [1.54, 1.807) is 21.1 Å². The number of quaternary nitrogens is 1. The van der Waals surface area contributed by atoms with E-state index in [0.29, 0.717) is 12.8 Å². The van der Waals surface area contributed by atoms with Crippen molar-refractivity contribution in [3.05, 3.63) is 0 Å². The molecule has 8 nitrogen and oxygen atoms in total. The van der Waals surface area contributed by atoms with Crippen LogP contribution in [0.4, 0.5) is 0 Å². The van der Waals surface area contributed by atoms with Crippen LogP contribution in [0.25, 0.3) is 0 Å². The predicted molar refractivity (Wildman–Crippen MR) is 213 cm³/mol. The first-order valence-electron chi connectivity index (χ1n) is 22.1. The molecule has 0 rings (SSSR count). The van der Waals surface area contributed by atoms with Crippen molar-refractivity contribution < 1.29 is 38.2 Å². The highest BCUT2D eigenvalue weighted by atomic mass is 16.6. The van der Waals surface area contributed by atoms with Crippen molar-refractivity contribution in [2.75, 3.05) is 41.0 Å². The molecule has 0 amide bonds. The Morgan fingerprint density at radius 1 is 0.500 bits per heavy atom. The molecule has 308 valence electrons. The first-order chi connectivity index (χ1) is 25.1. The molecule has 2 atom stereocenters. The highest BCUT2D eigenvalue weighted by molar-refractivity contribution is 5.70. The van der Waals surface area contributed by atoms with Crippen molar-refractivity contribution in [2.24, 2.45) is 0 Å². The van der Waals surface area contributed by atoms with Gasteiger partial charge in [-0.25, -0.2) is 0 Å². The number of hydrogen-bond donors (Lipinski definition) is 0. The standard InChI is InChI=1S/C44H85NO7/c1-6-8-10-12-14-16-18-19-20-21-22-23-25-27-29-31-33-35-43(47)52-40(38-50-37-36-41(44(48)49)45(3,4)5)39-51-42(46)34-32-30-28-26-24-17-15-13-11-9-7-2/h40-41H,6-39H2,1-5H3. The first-order valence-corrected chi connectivity index (χ1v) is 22.1. The number of nitrogens with zero attached hydrogens (tertiary/aromatic N) is 1. The van der Waals surface area contributed by atoms with Gasteiger partial charge < -0.3 is 28.6 Å². The van der Waals surface area contributed by atoms with Crippen LogP contribution in [0.5, 0.6) is 0 Å². The van der Waals surface area contributed by atoms with Crippen molar-refractivity contribution >= 4 is 17.9 Å². The van der Waals surface area contributed by atoms with Gasteiger partial charge in [-0.1, -0.05) is 181 Å². The molecule has 0 radical (unpaired) electrons. The molecule has 0 bridgehead atoms. The second-order valence-electron chi connectivity index (χ2n) is 16.3. The van der Waals surface area contributed by atoms with Gasteiger partial charge >= 0.3 is 11.9 Å². The minimum Gasteiger partial charge on any atom is -0.544 e. The number of carbonyl (C=O) groups is 3. The van der Waals surface area contributed by atoms with Gasteiger partial charge in [0.05, 0.1) is 40.3 Å². The van der Waals surface area contributed by atoms with Crippen molar-refractivity contribution in [1.82, 2.24) is 0 Å². The van der Waals surface area contributed by atoms with E-state index in [2.05, 4.69) is 13.8 Å². The number of hydrogen-bond acceptors (Lipinski definition) is 7. The van der Waals surface area contributed by atoms with Crippen LogP contribution in [0.15, 0.2) is 0 Å². The zero-order valence-corrected chi connectivity index (χ0v) is 35.0. The molecule has 0 aliphatic rings. The van der Waals surface area contributed by atoms with Gasteiger partial charge in [0, 0.05) is 19.3 Å². The molecular weight excluding hydrogens is 654 g/mol. The maximum Gasteiger partial charge on any atom is 0.306 e. The quantitative estimate of drug-likeness (QED) is 0.0350. The van der Waals surface area contributed by atoms with Gasteiger partial charge in [0.1, 0.15) is 12.6 Å². The molecule has 0 saturated heterocycles. The van der Waals surface area contributed by atoms with Crippen LogP contribution in [0.1, 0.15) is 213 Å². The van der Waals surface area contributed by atoms with Crippen LogP contribution < -0.4 is 5.11 Å². The molecule has 8 heteroatoms. The minimum absolute atomic E-state index is 0.0490. The molecule has 0 heterocycles. The summed E-state index contributed by atoms with van der Waals surface area (Å²) in [5.41, 5.74) is 0. The summed E-state index contributed by atoms with van der Waals surface area (Å²) in [7, 11) is 5.42. The summed E-state index contributed by atoms with van der Waals surface area (Å²) in [6.45, 7) is 4.69. The summed E-state index contributed by atoms with van der Waals surface area (Å²) in [6.07, 6.45) is 35.5. The van der Waals surface area contributed by atoms with Gasteiger partial charge in [-0.3, -0.25) is 9.59 Å². The number of carboxylic acid groups (broad SMARTS) is 1. The van der Waals surface area contributed by atoms with E-state index in [1.807, 2.05) is 0 Å². The Labute approximate surface area is 321 Å². The first kappa shape index (κ1) is 50.3. The minimum atomic E-state index is -1.12. The molecule has 0 saturated carbocycles. The van der Waals surface area contributed by atoms with Gasteiger partial charge in [-0.2, -0.15) is 0 Å². The fourth-order valence-electron chi connectivity index (χ4n) is 6.78. The molecule has 0 aromatic heterocycles. The Hall–Kier alpha value is -1.67. The molecule has 0 N–H and O–H groups in total. The van der Waals surface area contributed by atoms with E-state index in [4.69, 9.17) is 14.2 Å². The Balaban J connectivity index is 4.28.